The topological polar surface area (TPSA) is 124 Å². The van der Waals surface area contributed by atoms with Crippen LogP contribution in [-0.4, -0.2) is 48.3 Å². The summed E-state index contributed by atoms with van der Waals surface area (Å²) in [4.78, 5) is 21.4. The van der Waals surface area contributed by atoms with Crippen molar-refractivity contribution < 1.29 is 22.1 Å². The quantitative estimate of drug-likeness (QED) is 0.175. The molecule has 0 fully saturated rings. The Morgan fingerprint density at radius 1 is 1.12 bits per heavy atom. The summed E-state index contributed by atoms with van der Waals surface area (Å²) in [5, 5.41) is 9.65. The number of amides is 1. The predicted octanol–water partition coefficient (Wildman–Crippen LogP) is 5.95. The zero-order valence-corrected chi connectivity index (χ0v) is 24.9. The number of aromatic nitrogens is 3. The maximum Gasteiger partial charge on any atom is 0.264 e. The fraction of sp³-hybridized carbons (Fsp3) is 0.250. The zero-order chi connectivity index (χ0) is 29.2. The number of benzene rings is 2. The molecule has 3 heterocycles. The van der Waals surface area contributed by atoms with Gasteiger partial charge in [-0.05, 0) is 61.7 Å². The van der Waals surface area contributed by atoms with Crippen LogP contribution in [0.25, 0.3) is 21.1 Å². The number of nitrogens with one attached hydrogen (secondary N) is 2. The first-order valence-corrected chi connectivity index (χ1v) is 15.7. The summed E-state index contributed by atoms with van der Waals surface area (Å²) in [6.07, 6.45) is 4.29. The van der Waals surface area contributed by atoms with Crippen molar-refractivity contribution in [1.29, 1.82) is 0 Å². The van der Waals surface area contributed by atoms with Gasteiger partial charge in [0.05, 0.1) is 28.8 Å². The van der Waals surface area contributed by atoms with E-state index in [4.69, 9.17) is 20.5 Å². The van der Waals surface area contributed by atoms with E-state index in [0.717, 1.165) is 33.1 Å². The second-order valence-corrected chi connectivity index (χ2v) is 13.0. The maximum atomic E-state index is 12.7. The van der Waals surface area contributed by atoms with Gasteiger partial charge in [-0.2, -0.15) is 8.42 Å². The highest BCUT2D eigenvalue weighted by molar-refractivity contribution is 7.85. The molecule has 5 aromatic rings. The highest BCUT2D eigenvalue weighted by atomic mass is 35.5. The number of ether oxygens (including phenoxy) is 1. The summed E-state index contributed by atoms with van der Waals surface area (Å²) < 4.78 is 36.6. The number of thiophene rings is 1. The van der Waals surface area contributed by atoms with Crippen LogP contribution in [0.5, 0.6) is 11.5 Å². The molecule has 214 valence electrons. The molecule has 2 N–H and O–H groups in total. The van der Waals surface area contributed by atoms with E-state index in [1.807, 2.05) is 52.5 Å². The Labute approximate surface area is 246 Å². The van der Waals surface area contributed by atoms with Gasteiger partial charge in [-0.1, -0.05) is 17.7 Å². The molecule has 0 aliphatic rings. The average molecular weight is 614 g/mol. The lowest BCUT2D eigenvalue weighted by molar-refractivity contribution is -0.130. The SMILES string of the molecule is CC(C)(COS(C)(=O)=O)C(=O)NCCn1ccc2ncnc(Nc3ccc(Oc4cccc5sccc45)c(Cl)c3)c21. The van der Waals surface area contributed by atoms with Crippen molar-refractivity contribution in [3.8, 4) is 11.5 Å². The number of hydrogen-bond donors (Lipinski definition) is 2. The first kappa shape index (κ1) is 28.8. The molecule has 0 radical (unpaired) electrons. The van der Waals surface area contributed by atoms with E-state index in [2.05, 4.69) is 20.6 Å². The lowest BCUT2D eigenvalue weighted by Gasteiger charge is -2.22. The summed E-state index contributed by atoms with van der Waals surface area (Å²) in [5.74, 6) is 1.52. The van der Waals surface area contributed by atoms with Crippen molar-refractivity contribution in [1.82, 2.24) is 19.9 Å². The molecule has 1 amide bonds. The number of carbonyl (C=O) groups excluding carboxylic acids is 1. The molecule has 0 atom stereocenters. The number of anilines is 2. The Bertz CT molecular complexity index is 1830. The number of nitrogens with zero attached hydrogens (tertiary/aromatic N) is 3. The number of carbonyl (C=O) groups is 1. The molecule has 0 spiro atoms. The van der Waals surface area contributed by atoms with Gasteiger partial charge in [0, 0.05) is 35.1 Å². The Morgan fingerprint density at radius 2 is 1.95 bits per heavy atom. The first-order valence-electron chi connectivity index (χ1n) is 12.6. The van der Waals surface area contributed by atoms with E-state index in [1.165, 1.54) is 6.33 Å². The molecule has 2 aromatic carbocycles. The van der Waals surface area contributed by atoms with Crippen molar-refractivity contribution in [2.45, 2.75) is 20.4 Å². The summed E-state index contributed by atoms with van der Waals surface area (Å²) in [6.45, 7) is 3.73. The Balaban J connectivity index is 1.28. The predicted molar refractivity (Wildman–Crippen MR) is 162 cm³/mol. The smallest absolute Gasteiger partial charge is 0.264 e. The molecule has 0 unspecified atom stereocenters. The third-order valence-corrected chi connectivity index (χ3v) is 8.03. The second kappa shape index (κ2) is 11.6. The van der Waals surface area contributed by atoms with Gasteiger partial charge in [0.1, 0.15) is 23.3 Å². The molecule has 41 heavy (non-hydrogen) atoms. The zero-order valence-electron chi connectivity index (χ0n) is 22.5. The van der Waals surface area contributed by atoms with Crippen molar-refractivity contribution in [3.05, 3.63) is 71.5 Å². The summed E-state index contributed by atoms with van der Waals surface area (Å²) in [5.41, 5.74) is 1.17. The Morgan fingerprint density at radius 3 is 2.73 bits per heavy atom. The van der Waals surface area contributed by atoms with Gasteiger partial charge in [-0.25, -0.2) is 9.97 Å². The van der Waals surface area contributed by atoms with Gasteiger partial charge in [-0.3, -0.25) is 8.98 Å². The summed E-state index contributed by atoms with van der Waals surface area (Å²) in [6, 6.07) is 15.2. The monoisotopic (exact) mass is 613 g/mol. The molecule has 13 heteroatoms. The molecular formula is C28H28ClN5O5S2. The number of hydrogen-bond acceptors (Lipinski definition) is 9. The fourth-order valence-corrected chi connectivity index (χ4v) is 5.66. The minimum atomic E-state index is -3.65. The van der Waals surface area contributed by atoms with Crippen molar-refractivity contribution >= 4 is 71.6 Å². The van der Waals surface area contributed by atoms with Crippen LogP contribution in [0, 0.1) is 5.41 Å². The van der Waals surface area contributed by atoms with Gasteiger partial charge in [0.15, 0.2) is 5.82 Å². The third kappa shape index (κ3) is 6.79. The van der Waals surface area contributed by atoms with Crippen molar-refractivity contribution in [3.63, 3.8) is 0 Å². The van der Waals surface area contributed by atoms with Crippen LogP contribution in [0.4, 0.5) is 11.5 Å². The Kier molecular flexibility index (Phi) is 8.18. The molecule has 0 aliphatic heterocycles. The molecule has 0 bridgehead atoms. The molecular weight excluding hydrogens is 586 g/mol. The van der Waals surface area contributed by atoms with Gasteiger partial charge in [-0.15, -0.1) is 11.3 Å². The standard InChI is InChI=1S/C28H28ClN5O5S2/c1-28(2,16-38-41(3,36)37)27(35)30-11-13-34-12-9-21-25(34)26(32-17-31-21)33-18-7-8-23(20(29)15-18)39-22-5-4-6-24-19(22)10-14-40-24/h4-10,12,14-15,17H,11,13,16H2,1-3H3,(H,30,35)(H,31,32,33). The third-order valence-electron chi connectivity index (χ3n) is 6.31. The summed E-state index contributed by atoms with van der Waals surface area (Å²) >= 11 is 8.25. The van der Waals surface area contributed by atoms with E-state index in [9.17, 15) is 13.2 Å². The van der Waals surface area contributed by atoms with Crippen LogP contribution in [0.3, 0.4) is 0 Å². The largest absolute Gasteiger partial charge is 0.455 e. The molecule has 0 saturated carbocycles. The van der Waals surface area contributed by atoms with Gasteiger partial charge in [0.25, 0.3) is 10.1 Å². The van der Waals surface area contributed by atoms with Crippen molar-refractivity contribution in [2.24, 2.45) is 5.41 Å². The van der Waals surface area contributed by atoms with Crippen LogP contribution < -0.4 is 15.4 Å². The van der Waals surface area contributed by atoms with Crippen LogP contribution in [0.1, 0.15) is 13.8 Å². The van der Waals surface area contributed by atoms with Gasteiger partial charge < -0.3 is 19.9 Å². The highest BCUT2D eigenvalue weighted by Gasteiger charge is 2.29. The van der Waals surface area contributed by atoms with E-state index < -0.39 is 15.5 Å². The van der Waals surface area contributed by atoms with E-state index in [-0.39, 0.29) is 12.5 Å². The first-order chi connectivity index (χ1) is 19.5. The van der Waals surface area contributed by atoms with Gasteiger partial charge in [0.2, 0.25) is 5.91 Å². The van der Waals surface area contributed by atoms with Crippen LogP contribution >= 0.6 is 22.9 Å². The summed E-state index contributed by atoms with van der Waals surface area (Å²) in [7, 11) is -3.65. The normalized spacial score (nSPS) is 12.1. The molecule has 5 rings (SSSR count). The highest BCUT2D eigenvalue weighted by Crippen LogP contribution is 2.37. The minimum absolute atomic E-state index is 0.248. The lowest BCUT2D eigenvalue weighted by Crippen LogP contribution is -2.41. The van der Waals surface area contributed by atoms with Crippen LogP contribution in [0.2, 0.25) is 5.02 Å². The number of rotatable bonds is 11. The second-order valence-electron chi connectivity index (χ2n) is 10.0. The van der Waals surface area contributed by atoms with E-state index in [0.29, 0.717) is 35.4 Å². The Hall–Kier alpha value is -3.71. The van der Waals surface area contributed by atoms with E-state index >= 15 is 0 Å². The lowest BCUT2D eigenvalue weighted by atomic mass is 9.94. The molecule has 0 aliphatic carbocycles. The molecule has 10 nitrogen and oxygen atoms in total. The van der Waals surface area contributed by atoms with E-state index in [1.54, 1.807) is 37.3 Å². The average Bonchev–Trinajstić information content (AvgIpc) is 3.57. The fourth-order valence-electron chi connectivity index (χ4n) is 4.13. The maximum absolute atomic E-state index is 12.7. The van der Waals surface area contributed by atoms with Crippen LogP contribution in [0.15, 0.2) is 66.4 Å². The molecule has 0 saturated heterocycles. The van der Waals surface area contributed by atoms with Crippen LogP contribution in [-0.2, 0) is 25.6 Å². The number of halogens is 1. The number of fused-ring (bicyclic) bond motifs is 2. The van der Waals surface area contributed by atoms with Crippen molar-refractivity contribution in [2.75, 3.05) is 24.7 Å². The minimum Gasteiger partial charge on any atom is -0.455 e. The molecule has 3 aromatic heterocycles. The van der Waals surface area contributed by atoms with Gasteiger partial charge >= 0.3 is 0 Å².